The summed E-state index contributed by atoms with van der Waals surface area (Å²) in [5.74, 6) is 0. The Balaban J connectivity index is 2.36. The van der Waals surface area contributed by atoms with Crippen LogP contribution in [0.2, 0.25) is 0 Å². The molecule has 0 aliphatic rings. The fraction of sp³-hybridized carbons (Fsp3) is 0.400. The third kappa shape index (κ3) is 3.03. The molecule has 2 aromatic rings. The third-order valence-electron chi connectivity index (χ3n) is 3.26. The van der Waals surface area contributed by atoms with Crippen molar-refractivity contribution in [3.05, 3.63) is 48.3 Å². The van der Waals surface area contributed by atoms with Gasteiger partial charge in [-0.3, -0.25) is 0 Å². The van der Waals surface area contributed by atoms with Gasteiger partial charge in [0.2, 0.25) is 0 Å². The van der Waals surface area contributed by atoms with Crippen LogP contribution < -0.4 is 5.32 Å². The van der Waals surface area contributed by atoms with E-state index in [1.165, 1.54) is 0 Å². The van der Waals surface area contributed by atoms with E-state index in [-0.39, 0.29) is 12.1 Å². The van der Waals surface area contributed by atoms with Crippen LogP contribution in [0.3, 0.4) is 0 Å². The molecule has 4 nitrogen and oxygen atoms in total. The maximum Gasteiger partial charge on any atom is 0.0759 e. The number of para-hydroxylation sites is 1. The summed E-state index contributed by atoms with van der Waals surface area (Å²) in [5, 5.41) is 7.89. The number of methoxy groups -OCH3 is 1. The molecule has 1 N–H and O–H groups in total. The fourth-order valence-electron chi connectivity index (χ4n) is 2.20. The highest BCUT2D eigenvalue weighted by molar-refractivity contribution is 5.33. The summed E-state index contributed by atoms with van der Waals surface area (Å²) >= 11 is 0. The molecule has 1 aromatic carbocycles. The first kappa shape index (κ1) is 13.8. The van der Waals surface area contributed by atoms with Crippen LogP contribution in [0.4, 0.5) is 0 Å². The Morgan fingerprint density at radius 3 is 2.63 bits per heavy atom. The minimum absolute atomic E-state index is 0.0825. The minimum atomic E-state index is 0.0825. The molecule has 0 fully saturated rings. The van der Waals surface area contributed by atoms with Crippen molar-refractivity contribution in [2.24, 2.45) is 0 Å². The van der Waals surface area contributed by atoms with Crippen LogP contribution >= 0.6 is 0 Å². The van der Waals surface area contributed by atoms with Crippen LogP contribution in [0, 0.1) is 0 Å². The van der Waals surface area contributed by atoms with Gasteiger partial charge in [0.1, 0.15) is 0 Å². The molecule has 19 heavy (non-hydrogen) atoms. The van der Waals surface area contributed by atoms with Crippen molar-refractivity contribution in [1.29, 1.82) is 0 Å². The maximum absolute atomic E-state index is 5.48. The molecule has 1 aromatic heterocycles. The van der Waals surface area contributed by atoms with Gasteiger partial charge in [-0.15, -0.1) is 0 Å². The van der Waals surface area contributed by atoms with E-state index in [0.29, 0.717) is 0 Å². The van der Waals surface area contributed by atoms with E-state index in [1.54, 1.807) is 7.11 Å². The number of nitrogens with zero attached hydrogens (tertiary/aromatic N) is 2. The molecule has 2 rings (SSSR count). The summed E-state index contributed by atoms with van der Waals surface area (Å²) in [7, 11) is 1.73. The van der Waals surface area contributed by atoms with Gasteiger partial charge in [-0.25, -0.2) is 4.68 Å². The quantitative estimate of drug-likeness (QED) is 0.866. The van der Waals surface area contributed by atoms with Crippen LogP contribution in [-0.2, 0) is 4.74 Å². The predicted molar refractivity (Wildman–Crippen MR) is 76.5 cm³/mol. The summed E-state index contributed by atoms with van der Waals surface area (Å²) in [6.07, 6.45) is 1.91. The zero-order valence-corrected chi connectivity index (χ0v) is 11.7. The first-order valence-corrected chi connectivity index (χ1v) is 6.63. The second-order valence-electron chi connectivity index (χ2n) is 4.48. The van der Waals surface area contributed by atoms with Crippen molar-refractivity contribution in [3.63, 3.8) is 0 Å². The van der Waals surface area contributed by atoms with Gasteiger partial charge in [-0.2, -0.15) is 5.10 Å². The van der Waals surface area contributed by atoms with Gasteiger partial charge in [0.05, 0.1) is 23.5 Å². The molecule has 0 radical (unpaired) electrons. The lowest BCUT2D eigenvalue weighted by Gasteiger charge is -2.24. The van der Waals surface area contributed by atoms with Crippen molar-refractivity contribution in [3.8, 4) is 5.69 Å². The Kier molecular flexibility index (Phi) is 4.71. The normalized spacial score (nSPS) is 14.3. The number of hydrogen-bond acceptors (Lipinski definition) is 3. The van der Waals surface area contributed by atoms with E-state index >= 15 is 0 Å². The van der Waals surface area contributed by atoms with Gasteiger partial charge in [-0.05, 0) is 31.7 Å². The summed E-state index contributed by atoms with van der Waals surface area (Å²) < 4.78 is 7.44. The standard InChI is InChI=1S/C15H21N3O/c1-4-16-15(12(2)19-3)14-10-11-17-18(14)13-8-6-5-7-9-13/h5-12,15-16H,4H2,1-3H3. The summed E-state index contributed by atoms with van der Waals surface area (Å²) in [6, 6.07) is 12.3. The van der Waals surface area contributed by atoms with E-state index in [1.807, 2.05) is 35.1 Å². The lowest BCUT2D eigenvalue weighted by Crippen LogP contribution is -2.33. The number of hydrogen-bond donors (Lipinski definition) is 1. The highest BCUT2D eigenvalue weighted by atomic mass is 16.5. The minimum Gasteiger partial charge on any atom is -0.380 e. The average molecular weight is 259 g/mol. The molecular weight excluding hydrogens is 238 g/mol. The van der Waals surface area contributed by atoms with Crippen molar-refractivity contribution < 1.29 is 4.74 Å². The fourth-order valence-corrected chi connectivity index (χ4v) is 2.20. The van der Waals surface area contributed by atoms with Crippen molar-refractivity contribution in [1.82, 2.24) is 15.1 Å². The van der Waals surface area contributed by atoms with Crippen LogP contribution in [0.5, 0.6) is 0 Å². The highest BCUT2D eigenvalue weighted by Gasteiger charge is 2.22. The molecule has 102 valence electrons. The first-order chi connectivity index (χ1) is 9.27. The number of benzene rings is 1. The van der Waals surface area contributed by atoms with Crippen molar-refractivity contribution >= 4 is 0 Å². The van der Waals surface area contributed by atoms with E-state index in [2.05, 4.69) is 36.4 Å². The van der Waals surface area contributed by atoms with E-state index in [0.717, 1.165) is 17.9 Å². The van der Waals surface area contributed by atoms with Crippen LogP contribution in [0.1, 0.15) is 25.6 Å². The Morgan fingerprint density at radius 1 is 1.26 bits per heavy atom. The summed E-state index contributed by atoms with van der Waals surface area (Å²) in [4.78, 5) is 0. The maximum atomic E-state index is 5.48. The van der Waals surface area contributed by atoms with Crippen molar-refractivity contribution in [2.45, 2.75) is 26.0 Å². The molecule has 0 saturated heterocycles. The first-order valence-electron chi connectivity index (χ1n) is 6.63. The van der Waals surface area contributed by atoms with Crippen LogP contribution in [-0.4, -0.2) is 29.5 Å². The molecule has 0 aliphatic carbocycles. The largest absolute Gasteiger partial charge is 0.380 e. The molecular formula is C15H21N3O. The zero-order chi connectivity index (χ0) is 13.7. The average Bonchev–Trinajstić information content (AvgIpc) is 2.94. The molecule has 0 spiro atoms. The topological polar surface area (TPSA) is 39.1 Å². The summed E-state index contributed by atoms with van der Waals surface area (Å²) in [6.45, 7) is 5.05. The molecule has 0 bridgehead atoms. The monoisotopic (exact) mass is 259 g/mol. The predicted octanol–water partition coefficient (Wildman–Crippen LogP) is 2.56. The smallest absolute Gasteiger partial charge is 0.0759 e. The zero-order valence-electron chi connectivity index (χ0n) is 11.7. The van der Waals surface area contributed by atoms with Gasteiger partial charge < -0.3 is 10.1 Å². The summed E-state index contributed by atoms with van der Waals surface area (Å²) in [5.41, 5.74) is 2.18. The second kappa shape index (κ2) is 6.50. The lowest BCUT2D eigenvalue weighted by atomic mass is 10.1. The Morgan fingerprint density at radius 2 is 2.00 bits per heavy atom. The number of rotatable bonds is 6. The Hall–Kier alpha value is -1.65. The molecule has 4 heteroatoms. The van der Waals surface area contributed by atoms with E-state index in [9.17, 15) is 0 Å². The lowest BCUT2D eigenvalue weighted by molar-refractivity contribution is 0.0814. The number of nitrogens with one attached hydrogen (secondary N) is 1. The van der Waals surface area contributed by atoms with Gasteiger partial charge in [0, 0.05) is 13.3 Å². The van der Waals surface area contributed by atoms with Gasteiger partial charge in [-0.1, -0.05) is 25.1 Å². The van der Waals surface area contributed by atoms with Crippen LogP contribution in [0.15, 0.2) is 42.6 Å². The number of likely N-dealkylation sites (N-methyl/N-ethyl adjacent to an activating group) is 1. The molecule has 0 amide bonds. The Labute approximate surface area is 114 Å². The second-order valence-corrected chi connectivity index (χ2v) is 4.48. The van der Waals surface area contributed by atoms with Gasteiger partial charge in [0.25, 0.3) is 0 Å². The van der Waals surface area contributed by atoms with Crippen LogP contribution in [0.25, 0.3) is 5.69 Å². The van der Waals surface area contributed by atoms with E-state index in [4.69, 9.17) is 4.74 Å². The molecule has 0 aliphatic heterocycles. The third-order valence-corrected chi connectivity index (χ3v) is 3.26. The Bertz CT molecular complexity index is 495. The van der Waals surface area contributed by atoms with Crippen molar-refractivity contribution in [2.75, 3.05) is 13.7 Å². The molecule has 0 saturated carbocycles. The number of aromatic nitrogens is 2. The molecule has 2 unspecified atom stereocenters. The number of ether oxygens (including phenoxy) is 1. The molecule has 2 atom stereocenters. The molecule has 1 heterocycles. The van der Waals surface area contributed by atoms with Gasteiger partial charge >= 0.3 is 0 Å². The highest BCUT2D eigenvalue weighted by Crippen LogP contribution is 2.21. The van der Waals surface area contributed by atoms with Gasteiger partial charge in [0.15, 0.2) is 0 Å². The van der Waals surface area contributed by atoms with E-state index < -0.39 is 0 Å². The SMILES string of the molecule is CCNC(c1ccnn1-c1ccccc1)C(C)OC.